The van der Waals surface area contributed by atoms with E-state index >= 15 is 0 Å². The number of rotatable bonds is 4. The van der Waals surface area contributed by atoms with Crippen molar-refractivity contribution in [2.75, 3.05) is 7.11 Å². The van der Waals surface area contributed by atoms with Gasteiger partial charge in [-0.15, -0.1) is 0 Å². The fourth-order valence-electron chi connectivity index (χ4n) is 3.49. The van der Waals surface area contributed by atoms with E-state index < -0.39 is 0 Å². The lowest BCUT2D eigenvalue weighted by molar-refractivity contribution is 0.398. The molecule has 140 valence electrons. The molecule has 0 aliphatic heterocycles. The number of pyridine rings is 2. The van der Waals surface area contributed by atoms with Gasteiger partial charge in [-0.05, 0) is 47.7 Å². The number of hydrogen-bond donors (Lipinski definition) is 1. The molecule has 0 saturated carbocycles. The third-order valence-corrected chi connectivity index (χ3v) is 4.81. The summed E-state index contributed by atoms with van der Waals surface area (Å²) in [6, 6.07) is 20.8. The minimum Gasteiger partial charge on any atom is -0.481 e. The Morgan fingerprint density at radius 3 is 2.54 bits per heavy atom. The smallest absolute Gasteiger partial charge is 0.263 e. The summed E-state index contributed by atoms with van der Waals surface area (Å²) < 4.78 is 6.95. The summed E-state index contributed by atoms with van der Waals surface area (Å²) in [7, 11) is 1.58. The molecule has 0 aliphatic rings. The van der Waals surface area contributed by atoms with Gasteiger partial charge in [-0.3, -0.25) is 9.36 Å². The fraction of sp³-hybridized carbons (Fsp3) is 0.130. The largest absolute Gasteiger partial charge is 0.481 e. The number of methoxy groups -OCH3 is 1. The molecule has 5 heteroatoms. The summed E-state index contributed by atoms with van der Waals surface area (Å²) in [5, 5.41) is 1.50. The minimum absolute atomic E-state index is 0.0950. The highest BCUT2D eigenvalue weighted by Crippen LogP contribution is 2.30. The zero-order chi connectivity index (χ0) is 19.7. The molecule has 1 unspecified atom stereocenters. The van der Waals surface area contributed by atoms with Crippen molar-refractivity contribution in [2.24, 2.45) is 5.73 Å². The Bertz CT molecular complexity index is 1200. The van der Waals surface area contributed by atoms with Gasteiger partial charge in [0, 0.05) is 29.7 Å². The van der Waals surface area contributed by atoms with Crippen LogP contribution in [0.3, 0.4) is 0 Å². The predicted molar refractivity (Wildman–Crippen MR) is 112 cm³/mol. The average molecular weight is 371 g/mol. The normalized spacial score (nSPS) is 12.1. The van der Waals surface area contributed by atoms with Crippen LogP contribution in [0.15, 0.2) is 77.7 Å². The molecule has 4 aromatic rings. The first-order valence-corrected chi connectivity index (χ1v) is 9.10. The fourth-order valence-corrected chi connectivity index (χ4v) is 3.49. The van der Waals surface area contributed by atoms with E-state index in [2.05, 4.69) is 4.98 Å². The van der Waals surface area contributed by atoms with Crippen LogP contribution in [-0.2, 0) is 0 Å². The summed E-state index contributed by atoms with van der Waals surface area (Å²) in [4.78, 5) is 17.8. The van der Waals surface area contributed by atoms with Gasteiger partial charge in [0.15, 0.2) is 0 Å². The Hall–Kier alpha value is -3.44. The van der Waals surface area contributed by atoms with Crippen molar-refractivity contribution in [3.63, 3.8) is 0 Å². The second-order valence-electron chi connectivity index (χ2n) is 6.69. The van der Waals surface area contributed by atoms with E-state index in [4.69, 9.17) is 10.5 Å². The first-order chi connectivity index (χ1) is 13.6. The summed E-state index contributed by atoms with van der Waals surface area (Å²) >= 11 is 0. The molecule has 0 aliphatic carbocycles. The van der Waals surface area contributed by atoms with Crippen molar-refractivity contribution in [1.29, 1.82) is 0 Å². The summed E-state index contributed by atoms with van der Waals surface area (Å²) in [6.45, 7) is 1.89. The molecule has 0 saturated heterocycles. The molecule has 2 heterocycles. The van der Waals surface area contributed by atoms with Gasteiger partial charge in [-0.1, -0.05) is 36.4 Å². The van der Waals surface area contributed by atoms with Gasteiger partial charge >= 0.3 is 0 Å². The van der Waals surface area contributed by atoms with Gasteiger partial charge < -0.3 is 10.5 Å². The van der Waals surface area contributed by atoms with E-state index in [1.807, 2.05) is 73.7 Å². The maximum atomic E-state index is 13.7. The SMILES string of the molecule is COc1cc(-c2cccc3cc(C(C)N)n(-c4ccccc4)c(=O)c23)ccn1. The Morgan fingerprint density at radius 2 is 1.82 bits per heavy atom. The molecule has 4 rings (SSSR count). The van der Waals surface area contributed by atoms with Gasteiger partial charge in [0.25, 0.3) is 5.56 Å². The second-order valence-corrected chi connectivity index (χ2v) is 6.69. The highest BCUT2D eigenvalue weighted by Gasteiger charge is 2.17. The molecular formula is C23H21N3O2. The quantitative estimate of drug-likeness (QED) is 0.587. The van der Waals surface area contributed by atoms with Crippen LogP contribution in [0.1, 0.15) is 18.7 Å². The lowest BCUT2D eigenvalue weighted by Crippen LogP contribution is -2.26. The van der Waals surface area contributed by atoms with Crippen molar-refractivity contribution < 1.29 is 4.74 Å². The van der Waals surface area contributed by atoms with Crippen LogP contribution >= 0.6 is 0 Å². The maximum Gasteiger partial charge on any atom is 0.263 e. The van der Waals surface area contributed by atoms with Crippen molar-refractivity contribution in [2.45, 2.75) is 13.0 Å². The number of nitrogens with two attached hydrogens (primary N) is 1. The van der Waals surface area contributed by atoms with Crippen LogP contribution in [0.25, 0.3) is 27.6 Å². The van der Waals surface area contributed by atoms with Crippen LogP contribution in [0, 0.1) is 0 Å². The number of nitrogens with zero attached hydrogens (tertiary/aromatic N) is 2. The molecule has 0 fully saturated rings. The lowest BCUT2D eigenvalue weighted by atomic mass is 9.98. The Morgan fingerprint density at radius 1 is 1.04 bits per heavy atom. The van der Waals surface area contributed by atoms with Crippen LogP contribution in [-0.4, -0.2) is 16.7 Å². The third kappa shape index (κ3) is 3.06. The first kappa shape index (κ1) is 17.9. The summed E-state index contributed by atoms with van der Waals surface area (Å²) in [6.07, 6.45) is 1.68. The molecule has 2 N–H and O–H groups in total. The highest BCUT2D eigenvalue weighted by atomic mass is 16.5. The monoisotopic (exact) mass is 371 g/mol. The maximum absolute atomic E-state index is 13.7. The number of aromatic nitrogens is 2. The Labute approximate surface area is 163 Å². The highest BCUT2D eigenvalue weighted by molar-refractivity contribution is 5.96. The topological polar surface area (TPSA) is 70.1 Å². The minimum atomic E-state index is -0.290. The van der Waals surface area contributed by atoms with Gasteiger partial charge in [-0.2, -0.15) is 0 Å². The van der Waals surface area contributed by atoms with E-state index in [1.165, 1.54) is 0 Å². The number of para-hydroxylation sites is 1. The molecule has 2 aromatic heterocycles. The lowest BCUT2D eigenvalue weighted by Gasteiger charge is -2.18. The molecule has 0 amide bonds. The van der Waals surface area contributed by atoms with Crippen molar-refractivity contribution in [1.82, 2.24) is 9.55 Å². The molecule has 0 spiro atoms. The molecule has 2 aromatic carbocycles. The predicted octanol–water partition coefficient (Wildman–Crippen LogP) is 4.08. The Kier molecular flexibility index (Phi) is 4.67. The van der Waals surface area contributed by atoms with Crippen LogP contribution in [0.2, 0.25) is 0 Å². The van der Waals surface area contributed by atoms with Crippen LogP contribution in [0.5, 0.6) is 5.88 Å². The van der Waals surface area contributed by atoms with Gasteiger partial charge in [0.2, 0.25) is 5.88 Å². The van der Waals surface area contributed by atoms with Crippen molar-refractivity contribution in [3.8, 4) is 22.7 Å². The Balaban J connectivity index is 2.09. The van der Waals surface area contributed by atoms with Crippen molar-refractivity contribution >= 4 is 10.8 Å². The van der Waals surface area contributed by atoms with E-state index in [0.717, 1.165) is 27.9 Å². The van der Waals surface area contributed by atoms with Gasteiger partial charge in [-0.25, -0.2) is 4.98 Å². The molecule has 0 radical (unpaired) electrons. The summed E-state index contributed by atoms with van der Waals surface area (Å²) in [5.74, 6) is 0.505. The van der Waals surface area contributed by atoms with E-state index in [-0.39, 0.29) is 11.6 Å². The van der Waals surface area contributed by atoms with Crippen molar-refractivity contribution in [3.05, 3.63) is 89.0 Å². The van der Waals surface area contributed by atoms with E-state index in [0.29, 0.717) is 11.3 Å². The molecule has 28 heavy (non-hydrogen) atoms. The number of hydrogen-bond acceptors (Lipinski definition) is 4. The molecule has 5 nitrogen and oxygen atoms in total. The molecule has 0 bridgehead atoms. The van der Waals surface area contributed by atoms with Gasteiger partial charge in [0.1, 0.15) is 0 Å². The second kappa shape index (κ2) is 7.29. The van der Waals surface area contributed by atoms with Gasteiger partial charge in [0.05, 0.1) is 12.5 Å². The number of ether oxygens (including phenoxy) is 1. The van der Waals surface area contributed by atoms with E-state index in [9.17, 15) is 4.79 Å². The zero-order valence-electron chi connectivity index (χ0n) is 15.8. The third-order valence-electron chi connectivity index (χ3n) is 4.81. The average Bonchev–Trinajstić information content (AvgIpc) is 2.73. The molecular weight excluding hydrogens is 350 g/mol. The summed E-state index contributed by atoms with van der Waals surface area (Å²) in [5.41, 5.74) is 9.40. The first-order valence-electron chi connectivity index (χ1n) is 9.10. The number of benzene rings is 2. The van der Waals surface area contributed by atoms with Crippen LogP contribution in [0.4, 0.5) is 0 Å². The van der Waals surface area contributed by atoms with E-state index in [1.54, 1.807) is 17.9 Å². The van der Waals surface area contributed by atoms with Crippen LogP contribution < -0.4 is 16.0 Å². The number of fused-ring (bicyclic) bond motifs is 1. The standard InChI is InChI=1S/C23H21N3O2/c1-15(24)20-13-17-7-6-10-19(16-11-12-25-21(14-16)28-2)22(17)23(27)26(20)18-8-4-3-5-9-18/h3-15H,24H2,1-2H3. The molecule has 1 atom stereocenters. The zero-order valence-corrected chi connectivity index (χ0v) is 15.8.